The standard InChI is InChI=1S/C14H23N3O.HI/c1-4-9-16-14(15)17-10-11(2)12-7-5-6-8-13(12)18-3;/h5-8,11H,4,9-10H2,1-3H3,(H3,15,16,17);1H. The highest BCUT2D eigenvalue weighted by atomic mass is 127. The van der Waals surface area contributed by atoms with Crippen LogP contribution in [0, 0.1) is 0 Å². The highest BCUT2D eigenvalue weighted by Gasteiger charge is 2.10. The van der Waals surface area contributed by atoms with Gasteiger partial charge in [-0.15, -0.1) is 24.0 Å². The lowest BCUT2D eigenvalue weighted by Crippen LogP contribution is -2.32. The summed E-state index contributed by atoms with van der Waals surface area (Å²) in [6.07, 6.45) is 1.04. The SMILES string of the molecule is CCCNC(N)=NCC(C)c1ccccc1OC.I. The van der Waals surface area contributed by atoms with Crippen molar-refractivity contribution in [3.63, 3.8) is 0 Å². The third-order valence-electron chi connectivity index (χ3n) is 2.76. The van der Waals surface area contributed by atoms with E-state index in [4.69, 9.17) is 10.5 Å². The van der Waals surface area contributed by atoms with Gasteiger partial charge < -0.3 is 15.8 Å². The molecule has 0 saturated heterocycles. The van der Waals surface area contributed by atoms with Gasteiger partial charge in [-0.05, 0) is 18.1 Å². The summed E-state index contributed by atoms with van der Waals surface area (Å²) in [5.74, 6) is 1.70. The Morgan fingerprint density at radius 1 is 1.42 bits per heavy atom. The van der Waals surface area contributed by atoms with Gasteiger partial charge in [0.25, 0.3) is 0 Å². The number of para-hydroxylation sites is 1. The Bertz CT molecular complexity index is 396. The van der Waals surface area contributed by atoms with E-state index in [0.717, 1.165) is 24.3 Å². The molecule has 1 aromatic rings. The number of ether oxygens (including phenoxy) is 1. The number of halogens is 1. The molecule has 0 heterocycles. The molecule has 0 spiro atoms. The minimum atomic E-state index is 0. The number of aliphatic imine (C=N–C) groups is 1. The lowest BCUT2D eigenvalue weighted by Gasteiger charge is -2.14. The molecule has 5 heteroatoms. The Kier molecular flexibility index (Phi) is 9.38. The van der Waals surface area contributed by atoms with Gasteiger partial charge in [-0.25, -0.2) is 0 Å². The fraction of sp³-hybridized carbons (Fsp3) is 0.500. The van der Waals surface area contributed by atoms with Crippen LogP contribution in [0.15, 0.2) is 29.3 Å². The zero-order valence-corrected chi connectivity index (χ0v) is 14.2. The first-order valence-electron chi connectivity index (χ1n) is 6.35. The third kappa shape index (κ3) is 6.13. The van der Waals surface area contributed by atoms with E-state index in [9.17, 15) is 0 Å². The van der Waals surface area contributed by atoms with Crippen LogP contribution in [0.2, 0.25) is 0 Å². The molecule has 0 aliphatic heterocycles. The molecule has 0 aromatic heterocycles. The van der Waals surface area contributed by atoms with E-state index in [1.165, 1.54) is 0 Å². The lowest BCUT2D eigenvalue weighted by atomic mass is 10.0. The average molecular weight is 377 g/mol. The van der Waals surface area contributed by atoms with Crippen molar-refractivity contribution in [1.82, 2.24) is 5.32 Å². The van der Waals surface area contributed by atoms with Crippen molar-refractivity contribution in [2.45, 2.75) is 26.2 Å². The summed E-state index contributed by atoms with van der Waals surface area (Å²) in [5.41, 5.74) is 6.92. The summed E-state index contributed by atoms with van der Waals surface area (Å²) in [5, 5.41) is 3.06. The molecule has 108 valence electrons. The molecule has 1 rings (SSSR count). The number of rotatable bonds is 6. The van der Waals surface area contributed by atoms with Gasteiger partial charge in [0.2, 0.25) is 0 Å². The molecule has 0 aliphatic rings. The van der Waals surface area contributed by atoms with E-state index in [1.54, 1.807) is 7.11 Å². The minimum absolute atomic E-state index is 0. The van der Waals surface area contributed by atoms with Crippen molar-refractivity contribution < 1.29 is 4.74 Å². The predicted molar refractivity (Wildman–Crippen MR) is 91.6 cm³/mol. The number of hydrogen-bond acceptors (Lipinski definition) is 2. The van der Waals surface area contributed by atoms with E-state index in [-0.39, 0.29) is 29.9 Å². The zero-order chi connectivity index (χ0) is 13.4. The highest BCUT2D eigenvalue weighted by molar-refractivity contribution is 14.0. The van der Waals surface area contributed by atoms with E-state index in [2.05, 4.69) is 30.2 Å². The van der Waals surface area contributed by atoms with Crippen molar-refractivity contribution in [3.05, 3.63) is 29.8 Å². The van der Waals surface area contributed by atoms with Crippen molar-refractivity contribution in [1.29, 1.82) is 0 Å². The molecule has 0 bridgehead atoms. The van der Waals surface area contributed by atoms with Gasteiger partial charge in [0.05, 0.1) is 7.11 Å². The molecule has 0 amide bonds. The molecule has 0 aliphatic carbocycles. The molecule has 0 radical (unpaired) electrons. The highest BCUT2D eigenvalue weighted by Crippen LogP contribution is 2.26. The second-order valence-corrected chi connectivity index (χ2v) is 4.30. The van der Waals surface area contributed by atoms with Gasteiger partial charge in [0.1, 0.15) is 5.75 Å². The molecule has 1 aromatic carbocycles. The summed E-state index contributed by atoms with van der Waals surface area (Å²) in [4.78, 5) is 4.34. The van der Waals surface area contributed by atoms with Gasteiger partial charge in [0, 0.05) is 19.0 Å². The zero-order valence-electron chi connectivity index (χ0n) is 11.8. The van der Waals surface area contributed by atoms with Gasteiger partial charge in [-0.2, -0.15) is 0 Å². The minimum Gasteiger partial charge on any atom is -0.496 e. The Balaban J connectivity index is 0.00000324. The van der Waals surface area contributed by atoms with Crippen LogP contribution >= 0.6 is 24.0 Å². The third-order valence-corrected chi connectivity index (χ3v) is 2.76. The second kappa shape index (κ2) is 9.89. The normalized spacial score (nSPS) is 12.5. The number of benzene rings is 1. The largest absolute Gasteiger partial charge is 0.496 e. The number of guanidine groups is 1. The molecule has 3 N–H and O–H groups in total. The van der Waals surface area contributed by atoms with Crippen molar-refractivity contribution in [2.75, 3.05) is 20.2 Å². The van der Waals surface area contributed by atoms with E-state index in [1.807, 2.05) is 18.2 Å². The molecular weight excluding hydrogens is 353 g/mol. The fourth-order valence-electron chi connectivity index (χ4n) is 1.72. The maximum absolute atomic E-state index is 5.76. The predicted octanol–water partition coefficient (Wildman–Crippen LogP) is 2.73. The Morgan fingerprint density at radius 3 is 2.74 bits per heavy atom. The maximum atomic E-state index is 5.76. The smallest absolute Gasteiger partial charge is 0.188 e. The second-order valence-electron chi connectivity index (χ2n) is 4.30. The maximum Gasteiger partial charge on any atom is 0.188 e. The van der Waals surface area contributed by atoms with Crippen LogP contribution in [-0.4, -0.2) is 26.2 Å². The first kappa shape index (κ1) is 18.0. The summed E-state index contributed by atoms with van der Waals surface area (Å²) in [7, 11) is 1.69. The molecule has 1 unspecified atom stereocenters. The van der Waals surface area contributed by atoms with Crippen molar-refractivity contribution in [2.24, 2.45) is 10.7 Å². The summed E-state index contributed by atoms with van der Waals surface area (Å²) < 4.78 is 5.34. The van der Waals surface area contributed by atoms with Crippen LogP contribution in [0.1, 0.15) is 31.7 Å². The monoisotopic (exact) mass is 377 g/mol. The Morgan fingerprint density at radius 2 is 2.11 bits per heavy atom. The lowest BCUT2D eigenvalue weighted by molar-refractivity contribution is 0.407. The van der Waals surface area contributed by atoms with E-state index in [0.29, 0.717) is 12.5 Å². The molecular formula is C14H24IN3O. The van der Waals surface area contributed by atoms with E-state index >= 15 is 0 Å². The Labute approximate surface area is 132 Å². The van der Waals surface area contributed by atoms with Crippen LogP contribution < -0.4 is 15.8 Å². The summed E-state index contributed by atoms with van der Waals surface area (Å²) in [6.45, 7) is 5.73. The number of nitrogens with one attached hydrogen (secondary N) is 1. The van der Waals surface area contributed by atoms with Crippen LogP contribution in [-0.2, 0) is 0 Å². The molecule has 0 saturated carbocycles. The van der Waals surface area contributed by atoms with Crippen LogP contribution in [0.5, 0.6) is 5.75 Å². The number of nitrogens with two attached hydrogens (primary N) is 1. The summed E-state index contributed by atoms with van der Waals surface area (Å²) in [6, 6.07) is 8.01. The van der Waals surface area contributed by atoms with Crippen LogP contribution in [0.4, 0.5) is 0 Å². The molecule has 4 nitrogen and oxygen atoms in total. The van der Waals surface area contributed by atoms with Gasteiger partial charge in [0.15, 0.2) is 5.96 Å². The van der Waals surface area contributed by atoms with Gasteiger partial charge in [-0.3, -0.25) is 4.99 Å². The van der Waals surface area contributed by atoms with Crippen molar-refractivity contribution in [3.8, 4) is 5.75 Å². The topological polar surface area (TPSA) is 59.6 Å². The van der Waals surface area contributed by atoms with E-state index < -0.39 is 0 Å². The van der Waals surface area contributed by atoms with Crippen LogP contribution in [0.3, 0.4) is 0 Å². The summed E-state index contributed by atoms with van der Waals surface area (Å²) >= 11 is 0. The molecule has 19 heavy (non-hydrogen) atoms. The number of nitrogens with zero attached hydrogens (tertiary/aromatic N) is 1. The number of hydrogen-bond donors (Lipinski definition) is 2. The van der Waals surface area contributed by atoms with Gasteiger partial charge >= 0.3 is 0 Å². The first-order chi connectivity index (χ1) is 8.69. The average Bonchev–Trinajstić information content (AvgIpc) is 2.42. The first-order valence-corrected chi connectivity index (χ1v) is 6.35. The molecule has 1 atom stereocenters. The molecule has 0 fully saturated rings. The Hall–Kier alpha value is -0.980. The fourth-order valence-corrected chi connectivity index (χ4v) is 1.72. The number of methoxy groups -OCH3 is 1. The van der Waals surface area contributed by atoms with Crippen LogP contribution in [0.25, 0.3) is 0 Å². The quantitative estimate of drug-likeness (QED) is 0.455. The van der Waals surface area contributed by atoms with Crippen molar-refractivity contribution >= 4 is 29.9 Å². The van der Waals surface area contributed by atoms with Gasteiger partial charge in [-0.1, -0.05) is 32.0 Å².